The number of rotatable bonds is 6. The molecule has 0 heterocycles. The molecule has 5 nitrogen and oxygen atoms in total. The van der Waals surface area contributed by atoms with Gasteiger partial charge in [-0.25, -0.2) is 0 Å². The van der Waals surface area contributed by atoms with Crippen LogP contribution in [0.1, 0.15) is 69.3 Å². The van der Waals surface area contributed by atoms with Crippen LogP contribution in [0.15, 0.2) is 47.1 Å². The summed E-state index contributed by atoms with van der Waals surface area (Å²) in [6, 6.07) is 9.03. The van der Waals surface area contributed by atoms with Crippen LogP contribution in [0.4, 0.5) is 5.69 Å². The third-order valence-corrected chi connectivity index (χ3v) is 9.50. The Labute approximate surface area is 204 Å². The fraction of sp³-hybridized carbons (Fsp3) is 0.621. The van der Waals surface area contributed by atoms with Gasteiger partial charge in [-0.1, -0.05) is 28.9 Å². The molecule has 0 spiro atoms. The molecule has 0 bridgehead atoms. The van der Waals surface area contributed by atoms with Gasteiger partial charge in [-0.05, 0) is 87.0 Å². The standard InChI is InChI=1S/C29H40N2O3/c1-30(2)21-8-5-19(6-9-21)26-18-27-24(13-15-29(27,31(3)34)14-4-16-32)25-11-7-20-17-22(33)10-12-23(20)28(25)26/h5-6,8-9,17,23-24,26-27,32,34H,4,7,10-16,18H2,1-3H3/t23?,24?,26-,27?,29+/m1/s1. The highest BCUT2D eigenvalue weighted by molar-refractivity contribution is 5.91. The van der Waals surface area contributed by atoms with Crippen LogP contribution in [0.3, 0.4) is 0 Å². The fourth-order valence-electron chi connectivity index (χ4n) is 7.89. The van der Waals surface area contributed by atoms with E-state index in [1.54, 1.807) is 11.1 Å². The van der Waals surface area contributed by atoms with Crippen LogP contribution >= 0.6 is 0 Å². The first-order valence-electron chi connectivity index (χ1n) is 13.1. The number of anilines is 1. The highest BCUT2D eigenvalue weighted by Gasteiger charge is 2.55. The molecule has 5 heteroatoms. The molecule has 0 aliphatic heterocycles. The number of carbonyl (C=O) groups is 1. The van der Waals surface area contributed by atoms with Crippen molar-refractivity contribution in [3.05, 3.63) is 52.6 Å². The van der Waals surface area contributed by atoms with E-state index in [4.69, 9.17) is 0 Å². The molecule has 1 saturated carbocycles. The van der Waals surface area contributed by atoms with E-state index in [0.29, 0.717) is 35.9 Å². The fourth-order valence-corrected chi connectivity index (χ4v) is 7.89. The Bertz CT molecular complexity index is 993. The van der Waals surface area contributed by atoms with Crippen molar-refractivity contribution in [1.82, 2.24) is 5.06 Å². The highest BCUT2D eigenvalue weighted by Crippen LogP contribution is 2.61. The molecule has 5 rings (SSSR count). The number of nitrogens with zero attached hydrogens (tertiary/aromatic N) is 2. The number of hydrogen-bond acceptors (Lipinski definition) is 5. The monoisotopic (exact) mass is 464 g/mol. The molecule has 3 unspecified atom stereocenters. The molecule has 34 heavy (non-hydrogen) atoms. The smallest absolute Gasteiger partial charge is 0.155 e. The molecule has 1 aromatic carbocycles. The second-order valence-electron chi connectivity index (χ2n) is 11.2. The summed E-state index contributed by atoms with van der Waals surface area (Å²) in [4.78, 5) is 14.4. The number of aliphatic hydroxyl groups is 1. The van der Waals surface area contributed by atoms with E-state index in [2.05, 4.69) is 43.3 Å². The second kappa shape index (κ2) is 9.25. The van der Waals surface area contributed by atoms with E-state index < -0.39 is 0 Å². The minimum atomic E-state index is -0.271. The zero-order valence-corrected chi connectivity index (χ0v) is 21.0. The molecule has 4 aliphatic carbocycles. The molecule has 4 aliphatic rings. The van der Waals surface area contributed by atoms with Gasteiger partial charge in [-0.15, -0.1) is 0 Å². The number of benzene rings is 1. The van der Waals surface area contributed by atoms with E-state index in [1.165, 1.54) is 21.9 Å². The average Bonchev–Trinajstić information content (AvgIpc) is 3.21. The summed E-state index contributed by atoms with van der Waals surface area (Å²) in [7, 11) is 5.96. The van der Waals surface area contributed by atoms with Gasteiger partial charge in [0.15, 0.2) is 5.78 Å². The van der Waals surface area contributed by atoms with Crippen LogP contribution in [-0.2, 0) is 4.79 Å². The van der Waals surface area contributed by atoms with Gasteiger partial charge in [-0.2, -0.15) is 5.06 Å². The van der Waals surface area contributed by atoms with Crippen molar-refractivity contribution < 1.29 is 15.1 Å². The van der Waals surface area contributed by atoms with E-state index >= 15 is 0 Å². The molecular formula is C29H40N2O3. The highest BCUT2D eigenvalue weighted by atomic mass is 16.5. The summed E-state index contributed by atoms with van der Waals surface area (Å²) in [6.45, 7) is 0.167. The third-order valence-electron chi connectivity index (χ3n) is 9.50. The first kappa shape index (κ1) is 23.8. The van der Waals surface area contributed by atoms with Gasteiger partial charge >= 0.3 is 0 Å². The van der Waals surface area contributed by atoms with Crippen LogP contribution in [0.25, 0.3) is 0 Å². The Morgan fingerprint density at radius 1 is 1.03 bits per heavy atom. The Balaban J connectivity index is 1.60. The molecule has 0 radical (unpaired) electrons. The molecule has 0 saturated heterocycles. The molecule has 1 aromatic rings. The number of fused-ring (bicyclic) bond motifs is 4. The van der Waals surface area contributed by atoms with Gasteiger partial charge in [0.1, 0.15) is 0 Å². The number of aliphatic hydroxyl groups excluding tert-OH is 1. The minimum absolute atomic E-state index is 0.167. The Kier molecular flexibility index (Phi) is 6.47. The summed E-state index contributed by atoms with van der Waals surface area (Å²) >= 11 is 0. The SMILES string of the molecule is CN(C)c1ccc([C@H]2CC3C(CC[C@]3(CCCO)N(C)O)C3=C2C2CCC(=O)C=C2CC3)cc1. The second-order valence-corrected chi connectivity index (χ2v) is 11.2. The lowest BCUT2D eigenvalue weighted by atomic mass is 9.58. The summed E-state index contributed by atoms with van der Waals surface area (Å²) in [5.41, 5.74) is 6.87. The van der Waals surface area contributed by atoms with E-state index in [0.717, 1.165) is 51.4 Å². The van der Waals surface area contributed by atoms with Crippen molar-refractivity contribution in [1.29, 1.82) is 0 Å². The van der Waals surface area contributed by atoms with Gasteiger partial charge in [0.05, 0.1) is 0 Å². The van der Waals surface area contributed by atoms with E-state index in [1.807, 2.05) is 13.1 Å². The zero-order chi connectivity index (χ0) is 24.0. The third kappa shape index (κ3) is 3.86. The van der Waals surface area contributed by atoms with Crippen LogP contribution in [0, 0.1) is 17.8 Å². The molecule has 2 N–H and O–H groups in total. The molecule has 5 atom stereocenters. The maximum Gasteiger partial charge on any atom is 0.155 e. The Morgan fingerprint density at radius 3 is 2.47 bits per heavy atom. The number of carbonyl (C=O) groups excluding carboxylic acids is 1. The molecule has 184 valence electrons. The molecule has 0 amide bonds. The van der Waals surface area contributed by atoms with Gasteiger partial charge < -0.3 is 15.2 Å². The van der Waals surface area contributed by atoms with Gasteiger partial charge in [0, 0.05) is 57.2 Å². The van der Waals surface area contributed by atoms with Crippen molar-refractivity contribution in [2.45, 2.75) is 69.2 Å². The summed E-state index contributed by atoms with van der Waals surface area (Å²) in [5.74, 6) is 1.89. The largest absolute Gasteiger partial charge is 0.396 e. The maximum atomic E-state index is 12.2. The quantitative estimate of drug-likeness (QED) is 0.453. The van der Waals surface area contributed by atoms with Crippen molar-refractivity contribution in [2.75, 3.05) is 32.6 Å². The topological polar surface area (TPSA) is 64.0 Å². The van der Waals surface area contributed by atoms with Crippen LogP contribution in [0.5, 0.6) is 0 Å². The Hall–Kier alpha value is -1.95. The van der Waals surface area contributed by atoms with Crippen LogP contribution < -0.4 is 4.90 Å². The van der Waals surface area contributed by atoms with Gasteiger partial charge in [0.25, 0.3) is 0 Å². The lowest BCUT2D eigenvalue weighted by molar-refractivity contribution is -0.175. The van der Waals surface area contributed by atoms with Gasteiger partial charge in [-0.3, -0.25) is 4.79 Å². The lowest BCUT2D eigenvalue weighted by Gasteiger charge is -2.50. The zero-order valence-electron chi connectivity index (χ0n) is 21.0. The summed E-state index contributed by atoms with van der Waals surface area (Å²) in [5, 5.41) is 22.0. The van der Waals surface area contributed by atoms with Gasteiger partial charge in [0.2, 0.25) is 0 Å². The normalized spacial score (nSPS) is 32.9. The first-order valence-corrected chi connectivity index (χ1v) is 13.1. The number of hydrogen-bond donors (Lipinski definition) is 2. The number of hydroxylamine groups is 2. The molecule has 1 fully saturated rings. The van der Waals surface area contributed by atoms with Crippen LogP contribution in [0.2, 0.25) is 0 Å². The molecular weight excluding hydrogens is 424 g/mol. The number of ketones is 1. The van der Waals surface area contributed by atoms with Crippen molar-refractivity contribution >= 4 is 11.5 Å². The van der Waals surface area contributed by atoms with Crippen molar-refractivity contribution in [2.24, 2.45) is 17.8 Å². The van der Waals surface area contributed by atoms with E-state index in [-0.39, 0.29) is 12.1 Å². The predicted octanol–water partition coefficient (Wildman–Crippen LogP) is 5.09. The maximum absolute atomic E-state index is 12.2. The van der Waals surface area contributed by atoms with E-state index in [9.17, 15) is 15.1 Å². The van der Waals surface area contributed by atoms with Crippen molar-refractivity contribution in [3.63, 3.8) is 0 Å². The predicted molar refractivity (Wildman–Crippen MR) is 135 cm³/mol. The molecule has 0 aromatic heterocycles. The lowest BCUT2D eigenvalue weighted by Crippen LogP contribution is -2.51. The first-order chi connectivity index (χ1) is 16.4. The number of allylic oxidation sites excluding steroid dienone is 4. The summed E-state index contributed by atoms with van der Waals surface area (Å²) < 4.78 is 0. The summed E-state index contributed by atoms with van der Waals surface area (Å²) in [6.07, 6.45) is 10.3. The Morgan fingerprint density at radius 2 is 1.79 bits per heavy atom. The average molecular weight is 465 g/mol. The minimum Gasteiger partial charge on any atom is -0.396 e. The van der Waals surface area contributed by atoms with Crippen LogP contribution in [-0.4, -0.2) is 54.4 Å². The van der Waals surface area contributed by atoms with Crippen molar-refractivity contribution in [3.8, 4) is 0 Å².